The van der Waals surface area contributed by atoms with E-state index in [1.165, 1.54) is 22.3 Å². The normalized spacial score (nSPS) is 13.2. The van der Waals surface area contributed by atoms with Gasteiger partial charge in [-0.25, -0.2) is 0 Å². The minimum absolute atomic E-state index is 0.00517. The number of rotatable bonds is 5. The van der Waals surface area contributed by atoms with Gasteiger partial charge < -0.3 is 10.1 Å². The Bertz CT molecular complexity index is 959. The van der Waals surface area contributed by atoms with Gasteiger partial charge in [0.05, 0.1) is 12.2 Å². The van der Waals surface area contributed by atoms with Gasteiger partial charge in [-0.05, 0) is 61.9 Å². The highest BCUT2D eigenvalue weighted by atomic mass is 32.1. The quantitative estimate of drug-likeness (QED) is 0.616. The van der Waals surface area contributed by atoms with E-state index >= 15 is 0 Å². The number of benzene rings is 1. The van der Waals surface area contributed by atoms with Gasteiger partial charge in [-0.1, -0.05) is 12.1 Å². The van der Waals surface area contributed by atoms with E-state index in [-0.39, 0.29) is 5.57 Å². The van der Waals surface area contributed by atoms with Crippen LogP contribution in [0.25, 0.3) is 6.08 Å². The average molecular weight is 377 g/mol. The summed E-state index contributed by atoms with van der Waals surface area (Å²) in [6.07, 6.45) is 5.51. The molecule has 0 radical (unpaired) electrons. The third kappa shape index (κ3) is 4.19. The van der Waals surface area contributed by atoms with Crippen molar-refractivity contribution in [1.29, 1.82) is 10.5 Å². The van der Waals surface area contributed by atoms with Crippen molar-refractivity contribution in [3.8, 4) is 17.9 Å². The maximum Gasteiger partial charge on any atom is 0.266 e. The second-order valence-electron chi connectivity index (χ2n) is 6.15. The minimum Gasteiger partial charge on any atom is -0.494 e. The lowest BCUT2D eigenvalue weighted by Crippen LogP contribution is -2.13. The molecule has 5 nitrogen and oxygen atoms in total. The molecule has 0 fully saturated rings. The van der Waals surface area contributed by atoms with E-state index in [0.29, 0.717) is 17.2 Å². The summed E-state index contributed by atoms with van der Waals surface area (Å²) >= 11 is 1.45. The SMILES string of the molecule is CCOc1ccc(C=C(C#N)C(=O)Nc2sc3c(c2C#N)CCCC3)cc1. The Balaban J connectivity index is 1.81. The lowest BCUT2D eigenvalue weighted by molar-refractivity contribution is -0.112. The molecule has 1 aromatic carbocycles. The summed E-state index contributed by atoms with van der Waals surface area (Å²) < 4.78 is 5.39. The Morgan fingerprint density at radius 1 is 1.26 bits per heavy atom. The van der Waals surface area contributed by atoms with E-state index in [4.69, 9.17) is 4.74 Å². The first-order valence-corrected chi connectivity index (χ1v) is 9.68. The molecule has 0 saturated heterocycles. The molecular formula is C21H19N3O2S. The zero-order chi connectivity index (χ0) is 19.2. The van der Waals surface area contributed by atoms with E-state index in [9.17, 15) is 15.3 Å². The van der Waals surface area contributed by atoms with Gasteiger partial charge in [-0.2, -0.15) is 10.5 Å². The summed E-state index contributed by atoms with van der Waals surface area (Å²) in [5.41, 5.74) is 2.32. The van der Waals surface area contributed by atoms with E-state index in [1.54, 1.807) is 24.3 Å². The third-order valence-electron chi connectivity index (χ3n) is 4.38. The molecule has 1 amide bonds. The number of aryl methyl sites for hydroxylation is 1. The molecule has 3 rings (SSSR count). The van der Waals surface area contributed by atoms with Crippen molar-refractivity contribution in [2.75, 3.05) is 11.9 Å². The zero-order valence-corrected chi connectivity index (χ0v) is 15.9. The van der Waals surface area contributed by atoms with Crippen LogP contribution in [-0.4, -0.2) is 12.5 Å². The standard InChI is InChI=1S/C21H19N3O2S/c1-2-26-16-9-7-14(8-10-16)11-15(12-22)20(25)24-21-18(13-23)17-5-3-4-6-19(17)27-21/h7-11H,2-6H2,1H3,(H,24,25). The maximum atomic E-state index is 12.6. The molecular weight excluding hydrogens is 358 g/mol. The number of amides is 1. The van der Waals surface area contributed by atoms with E-state index in [0.717, 1.165) is 42.6 Å². The summed E-state index contributed by atoms with van der Waals surface area (Å²) in [4.78, 5) is 13.7. The van der Waals surface area contributed by atoms with Crippen LogP contribution in [0.2, 0.25) is 0 Å². The molecule has 0 bridgehead atoms. The van der Waals surface area contributed by atoms with Gasteiger partial charge in [0, 0.05) is 4.88 Å². The number of nitrogens with one attached hydrogen (secondary N) is 1. The Morgan fingerprint density at radius 3 is 2.67 bits per heavy atom. The summed E-state index contributed by atoms with van der Waals surface area (Å²) in [5.74, 6) is 0.238. The van der Waals surface area contributed by atoms with Crippen LogP contribution < -0.4 is 10.1 Å². The van der Waals surface area contributed by atoms with E-state index in [2.05, 4.69) is 11.4 Å². The Hall–Kier alpha value is -3.09. The van der Waals surface area contributed by atoms with Crippen LogP contribution in [0.15, 0.2) is 29.8 Å². The molecule has 0 aliphatic heterocycles. The predicted octanol–water partition coefficient (Wildman–Crippen LogP) is 4.44. The average Bonchev–Trinajstić information content (AvgIpc) is 3.04. The highest BCUT2D eigenvalue weighted by Crippen LogP contribution is 2.37. The van der Waals surface area contributed by atoms with Gasteiger partial charge >= 0.3 is 0 Å². The number of nitrogens with zero attached hydrogens (tertiary/aromatic N) is 2. The van der Waals surface area contributed by atoms with Crippen LogP contribution in [0.1, 0.15) is 41.3 Å². The Labute approximate surface area is 162 Å². The molecule has 1 N–H and O–H groups in total. The highest BCUT2D eigenvalue weighted by Gasteiger charge is 2.22. The number of thiophene rings is 1. The molecule has 136 valence electrons. The minimum atomic E-state index is -0.499. The lowest BCUT2D eigenvalue weighted by Gasteiger charge is -2.09. The molecule has 0 unspecified atom stereocenters. The molecule has 1 heterocycles. The van der Waals surface area contributed by atoms with Crippen molar-refractivity contribution in [3.63, 3.8) is 0 Å². The van der Waals surface area contributed by atoms with Crippen molar-refractivity contribution in [2.24, 2.45) is 0 Å². The molecule has 6 heteroatoms. The molecule has 0 spiro atoms. The highest BCUT2D eigenvalue weighted by molar-refractivity contribution is 7.16. The maximum absolute atomic E-state index is 12.6. The first kappa shape index (κ1) is 18.7. The van der Waals surface area contributed by atoms with Crippen LogP contribution in [0.5, 0.6) is 5.75 Å². The molecule has 0 saturated carbocycles. The van der Waals surface area contributed by atoms with Crippen molar-refractivity contribution < 1.29 is 9.53 Å². The van der Waals surface area contributed by atoms with Crippen molar-refractivity contribution in [2.45, 2.75) is 32.6 Å². The number of hydrogen-bond donors (Lipinski definition) is 1. The van der Waals surface area contributed by atoms with Crippen molar-refractivity contribution >= 4 is 28.3 Å². The summed E-state index contributed by atoms with van der Waals surface area (Å²) in [6, 6.07) is 11.3. The molecule has 1 aliphatic rings. The van der Waals surface area contributed by atoms with Crippen LogP contribution in [0.4, 0.5) is 5.00 Å². The number of anilines is 1. The first-order chi connectivity index (χ1) is 13.2. The number of carbonyl (C=O) groups excluding carboxylic acids is 1. The fraction of sp³-hybridized carbons (Fsp3) is 0.286. The summed E-state index contributed by atoms with van der Waals surface area (Å²) in [7, 11) is 0. The molecule has 2 aromatic rings. The molecule has 1 aliphatic carbocycles. The molecule has 27 heavy (non-hydrogen) atoms. The van der Waals surface area contributed by atoms with E-state index in [1.807, 2.05) is 13.0 Å². The number of nitriles is 2. The largest absolute Gasteiger partial charge is 0.494 e. The van der Waals surface area contributed by atoms with Crippen LogP contribution in [0.3, 0.4) is 0 Å². The first-order valence-electron chi connectivity index (χ1n) is 8.87. The van der Waals surface area contributed by atoms with Crippen LogP contribution in [0, 0.1) is 22.7 Å². The van der Waals surface area contributed by atoms with Crippen molar-refractivity contribution in [3.05, 3.63) is 51.4 Å². The predicted molar refractivity (Wildman–Crippen MR) is 106 cm³/mol. The van der Waals surface area contributed by atoms with Gasteiger partial charge in [-0.3, -0.25) is 4.79 Å². The number of fused-ring (bicyclic) bond motifs is 1. The van der Waals surface area contributed by atoms with Crippen LogP contribution in [-0.2, 0) is 17.6 Å². The second-order valence-corrected chi connectivity index (χ2v) is 7.26. The number of ether oxygens (including phenoxy) is 1. The molecule has 0 atom stereocenters. The van der Waals surface area contributed by atoms with Gasteiger partial charge in [0.1, 0.15) is 28.5 Å². The second kappa shape index (κ2) is 8.53. The third-order valence-corrected chi connectivity index (χ3v) is 5.58. The fourth-order valence-electron chi connectivity index (χ4n) is 3.08. The van der Waals surface area contributed by atoms with Gasteiger partial charge in [0.2, 0.25) is 0 Å². The lowest BCUT2D eigenvalue weighted by atomic mass is 9.96. The van der Waals surface area contributed by atoms with Gasteiger partial charge in [-0.15, -0.1) is 11.3 Å². The van der Waals surface area contributed by atoms with Gasteiger partial charge in [0.25, 0.3) is 5.91 Å². The summed E-state index contributed by atoms with van der Waals surface area (Å²) in [6.45, 7) is 2.48. The monoisotopic (exact) mass is 377 g/mol. The number of carbonyl (C=O) groups is 1. The van der Waals surface area contributed by atoms with Crippen LogP contribution >= 0.6 is 11.3 Å². The zero-order valence-electron chi connectivity index (χ0n) is 15.0. The van der Waals surface area contributed by atoms with E-state index < -0.39 is 5.91 Å². The fourth-order valence-corrected chi connectivity index (χ4v) is 4.32. The van der Waals surface area contributed by atoms with Crippen molar-refractivity contribution in [1.82, 2.24) is 0 Å². The smallest absolute Gasteiger partial charge is 0.266 e. The Morgan fingerprint density at radius 2 is 2.00 bits per heavy atom. The Kier molecular flexibility index (Phi) is 5.90. The number of hydrogen-bond acceptors (Lipinski definition) is 5. The topological polar surface area (TPSA) is 85.9 Å². The summed E-state index contributed by atoms with van der Waals surface area (Å²) in [5, 5.41) is 22.2. The van der Waals surface area contributed by atoms with Gasteiger partial charge in [0.15, 0.2) is 0 Å². The molecule has 1 aromatic heterocycles.